The zero-order valence-corrected chi connectivity index (χ0v) is 15.5. The Morgan fingerprint density at radius 3 is 2.77 bits per heavy atom. The number of hydrogen-bond donors (Lipinski definition) is 1. The Kier molecular flexibility index (Phi) is 7.02. The van der Waals surface area contributed by atoms with Crippen LogP contribution in [-0.2, 0) is 23.9 Å². The van der Waals surface area contributed by atoms with Gasteiger partial charge in [0.15, 0.2) is 6.61 Å². The molecule has 1 N–H and O–H groups in total. The fourth-order valence-electron chi connectivity index (χ4n) is 2.31. The van der Waals surface area contributed by atoms with Crippen LogP contribution in [0.25, 0.3) is 0 Å². The topological polar surface area (TPSA) is 96.0 Å². The number of para-hydroxylation sites is 1. The first kappa shape index (κ1) is 19.8. The van der Waals surface area contributed by atoms with Gasteiger partial charge in [0.05, 0.1) is 24.4 Å². The molecule has 3 amide bonds. The van der Waals surface area contributed by atoms with E-state index in [4.69, 9.17) is 4.74 Å². The molecule has 1 heterocycles. The summed E-state index contributed by atoms with van der Waals surface area (Å²) in [7, 11) is 2.92. The Hall–Kier alpha value is -2.55. The van der Waals surface area contributed by atoms with Gasteiger partial charge in [0.1, 0.15) is 0 Å². The molecule has 2 rings (SSSR count). The van der Waals surface area contributed by atoms with Crippen molar-refractivity contribution in [1.29, 1.82) is 0 Å². The lowest BCUT2D eigenvalue weighted by Gasteiger charge is -2.28. The first-order valence-corrected chi connectivity index (χ1v) is 9.03. The summed E-state index contributed by atoms with van der Waals surface area (Å²) in [6, 6.07) is 7.50. The predicted molar refractivity (Wildman–Crippen MR) is 96.8 cm³/mol. The van der Waals surface area contributed by atoms with Gasteiger partial charge < -0.3 is 19.9 Å². The molecule has 0 saturated carbocycles. The molecule has 8 nitrogen and oxygen atoms in total. The van der Waals surface area contributed by atoms with Crippen molar-refractivity contribution in [3.05, 3.63) is 24.3 Å². The quantitative estimate of drug-likeness (QED) is 0.683. The van der Waals surface area contributed by atoms with E-state index in [1.165, 1.54) is 30.8 Å². The Morgan fingerprint density at radius 1 is 1.31 bits per heavy atom. The number of carbonyl (C=O) groups excluding carboxylic acids is 4. The summed E-state index contributed by atoms with van der Waals surface area (Å²) in [5.41, 5.74) is 0.780. The van der Waals surface area contributed by atoms with Crippen molar-refractivity contribution in [2.45, 2.75) is 11.3 Å². The van der Waals surface area contributed by atoms with Crippen LogP contribution in [0.3, 0.4) is 0 Å². The summed E-state index contributed by atoms with van der Waals surface area (Å²) in [6.45, 7) is -0.353. The second kappa shape index (κ2) is 9.23. The summed E-state index contributed by atoms with van der Waals surface area (Å²) in [6.07, 6.45) is -0.0167. The first-order valence-electron chi connectivity index (χ1n) is 8.04. The zero-order valence-electron chi connectivity index (χ0n) is 14.7. The van der Waals surface area contributed by atoms with Gasteiger partial charge in [-0.25, -0.2) is 0 Å². The SMILES string of the molecule is CNC(=O)CN(C)C(=O)COC(=O)CCN1C(=O)CSc2ccccc21. The van der Waals surface area contributed by atoms with Crippen molar-refractivity contribution < 1.29 is 23.9 Å². The number of rotatable bonds is 7. The van der Waals surface area contributed by atoms with E-state index in [1.54, 1.807) is 4.90 Å². The van der Waals surface area contributed by atoms with Gasteiger partial charge in [0.25, 0.3) is 5.91 Å². The van der Waals surface area contributed by atoms with Crippen LogP contribution >= 0.6 is 11.8 Å². The number of likely N-dealkylation sites (N-methyl/N-ethyl adjacent to an activating group) is 2. The number of nitrogens with one attached hydrogen (secondary N) is 1. The molecule has 0 aliphatic carbocycles. The van der Waals surface area contributed by atoms with Crippen LogP contribution < -0.4 is 10.2 Å². The van der Waals surface area contributed by atoms with E-state index in [-0.39, 0.29) is 31.3 Å². The molecule has 0 unspecified atom stereocenters. The van der Waals surface area contributed by atoms with E-state index in [9.17, 15) is 19.2 Å². The van der Waals surface area contributed by atoms with Crippen LogP contribution in [0, 0.1) is 0 Å². The molecule has 1 aromatic carbocycles. The molecule has 26 heavy (non-hydrogen) atoms. The van der Waals surface area contributed by atoms with Crippen LogP contribution in [0.2, 0.25) is 0 Å². The minimum atomic E-state index is -0.574. The number of benzene rings is 1. The number of anilines is 1. The maximum Gasteiger partial charge on any atom is 0.308 e. The molecule has 0 fully saturated rings. The maximum absolute atomic E-state index is 12.1. The molecule has 1 aliphatic heterocycles. The van der Waals surface area contributed by atoms with E-state index >= 15 is 0 Å². The molecule has 1 aromatic rings. The fraction of sp³-hybridized carbons (Fsp3) is 0.412. The van der Waals surface area contributed by atoms with Crippen molar-refractivity contribution in [3.8, 4) is 0 Å². The molecule has 0 atom stereocenters. The molecular formula is C17H21N3O5S. The maximum atomic E-state index is 12.1. The van der Waals surface area contributed by atoms with Gasteiger partial charge in [-0.3, -0.25) is 19.2 Å². The molecular weight excluding hydrogens is 358 g/mol. The van der Waals surface area contributed by atoms with E-state index < -0.39 is 18.5 Å². The Balaban J connectivity index is 1.81. The van der Waals surface area contributed by atoms with Gasteiger partial charge in [0, 0.05) is 25.5 Å². The number of ether oxygens (including phenoxy) is 1. The first-order chi connectivity index (χ1) is 12.4. The highest BCUT2D eigenvalue weighted by atomic mass is 32.2. The highest BCUT2D eigenvalue weighted by Crippen LogP contribution is 2.34. The number of thioether (sulfide) groups is 1. The van der Waals surface area contributed by atoms with E-state index in [0.29, 0.717) is 5.75 Å². The normalized spacial score (nSPS) is 13.0. The number of nitrogens with zero attached hydrogens (tertiary/aromatic N) is 2. The van der Waals surface area contributed by atoms with E-state index in [1.807, 2.05) is 24.3 Å². The standard InChI is InChI=1S/C17H21N3O5S/c1-18-14(21)9-19(2)15(22)10-25-17(24)7-8-20-12-5-3-4-6-13(12)26-11-16(20)23/h3-6H,7-11H2,1-2H3,(H,18,21). The summed E-state index contributed by atoms with van der Waals surface area (Å²) >= 11 is 1.47. The summed E-state index contributed by atoms with van der Waals surface area (Å²) < 4.78 is 4.95. The fourth-order valence-corrected chi connectivity index (χ4v) is 3.25. The summed E-state index contributed by atoms with van der Waals surface area (Å²) in [5.74, 6) is -1.10. The van der Waals surface area contributed by atoms with Crippen molar-refractivity contribution in [3.63, 3.8) is 0 Å². The third-order valence-corrected chi connectivity index (χ3v) is 4.84. The largest absolute Gasteiger partial charge is 0.456 e. The number of amides is 3. The Labute approximate surface area is 155 Å². The highest BCUT2D eigenvalue weighted by Gasteiger charge is 2.25. The average molecular weight is 379 g/mol. The lowest BCUT2D eigenvalue weighted by molar-refractivity contribution is -0.151. The Morgan fingerprint density at radius 2 is 2.04 bits per heavy atom. The number of esters is 1. The lowest BCUT2D eigenvalue weighted by atomic mass is 10.2. The third kappa shape index (κ3) is 5.22. The molecule has 140 valence electrons. The number of fused-ring (bicyclic) bond motifs is 1. The summed E-state index contributed by atoms with van der Waals surface area (Å²) in [5, 5.41) is 2.40. The van der Waals surface area contributed by atoms with Crippen LogP contribution in [0.15, 0.2) is 29.2 Å². The van der Waals surface area contributed by atoms with Crippen LogP contribution in [0.1, 0.15) is 6.42 Å². The molecule has 9 heteroatoms. The predicted octanol–water partition coefficient (Wildman–Crippen LogP) is 0.263. The van der Waals surface area contributed by atoms with Crippen molar-refractivity contribution in [2.24, 2.45) is 0 Å². The zero-order chi connectivity index (χ0) is 19.1. The number of hydrogen-bond acceptors (Lipinski definition) is 6. The van der Waals surface area contributed by atoms with E-state index in [0.717, 1.165) is 10.6 Å². The van der Waals surface area contributed by atoms with Crippen LogP contribution in [0.4, 0.5) is 5.69 Å². The van der Waals surface area contributed by atoms with E-state index in [2.05, 4.69) is 5.32 Å². The molecule has 0 saturated heterocycles. The molecule has 0 aromatic heterocycles. The van der Waals surface area contributed by atoms with Gasteiger partial charge >= 0.3 is 5.97 Å². The monoisotopic (exact) mass is 379 g/mol. The Bertz CT molecular complexity index is 709. The minimum Gasteiger partial charge on any atom is -0.456 e. The lowest BCUT2D eigenvalue weighted by Crippen LogP contribution is -2.39. The third-order valence-electron chi connectivity index (χ3n) is 3.79. The van der Waals surface area contributed by atoms with Gasteiger partial charge in [-0.1, -0.05) is 12.1 Å². The highest BCUT2D eigenvalue weighted by molar-refractivity contribution is 8.00. The average Bonchev–Trinajstić information content (AvgIpc) is 2.64. The number of carbonyl (C=O) groups is 4. The van der Waals surface area contributed by atoms with Crippen LogP contribution in [-0.4, -0.2) is 68.1 Å². The second-order valence-corrected chi connectivity index (χ2v) is 6.65. The molecule has 1 aliphatic rings. The second-order valence-electron chi connectivity index (χ2n) is 5.64. The minimum absolute atomic E-state index is 0.0167. The molecule has 0 spiro atoms. The smallest absolute Gasteiger partial charge is 0.308 e. The van der Waals surface area contributed by atoms with Gasteiger partial charge in [-0.15, -0.1) is 11.8 Å². The van der Waals surface area contributed by atoms with Gasteiger partial charge in [0.2, 0.25) is 11.8 Å². The van der Waals surface area contributed by atoms with Crippen molar-refractivity contribution >= 4 is 41.1 Å². The van der Waals surface area contributed by atoms with Crippen molar-refractivity contribution in [1.82, 2.24) is 10.2 Å². The molecule has 0 radical (unpaired) electrons. The molecule has 0 bridgehead atoms. The van der Waals surface area contributed by atoms with Crippen molar-refractivity contribution in [2.75, 3.05) is 44.4 Å². The van der Waals surface area contributed by atoms with Crippen LogP contribution in [0.5, 0.6) is 0 Å². The van der Waals surface area contributed by atoms with Gasteiger partial charge in [-0.05, 0) is 12.1 Å². The van der Waals surface area contributed by atoms with Gasteiger partial charge in [-0.2, -0.15) is 0 Å². The summed E-state index contributed by atoms with van der Waals surface area (Å²) in [4.78, 5) is 50.8.